The summed E-state index contributed by atoms with van der Waals surface area (Å²) in [5, 5.41) is 14.6. The number of hydrogen-bond donors (Lipinski definition) is 1. The fraction of sp³-hybridized carbons (Fsp3) is 0.129. The molecule has 0 heterocycles. The Morgan fingerprint density at radius 3 is 2.41 bits per heavy atom. The number of fused-ring (bicyclic) bond motifs is 1. The number of hydrogen-bond acceptors (Lipinski definition) is 6. The second kappa shape index (κ2) is 12.8. The molecule has 0 atom stereocenters. The van der Waals surface area contributed by atoms with E-state index in [1.807, 2.05) is 31.2 Å². The number of nitrogens with zero attached hydrogens (tertiary/aromatic N) is 1. The number of halogens is 1. The first-order valence-electron chi connectivity index (χ1n) is 12.1. The van der Waals surface area contributed by atoms with E-state index in [0.717, 1.165) is 16.3 Å². The highest BCUT2D eigenvalue weighted by Crippen LogP contribution is 2.38. The van der Waals surface area contributed by atoms with Crippen molar-refractivity contribution in [3.63, 3.8) is 0 Å². The molecule has 0 unspecified atom stereocenters. The summed E-state index contributed by atoms with van der Waals surface area (Å²) >= 11 is 3.55. The minimum Gasteiger partial charge on any atom is -0.490 e. The van der Waals surface area contributed by atoms with Gasteiger partial charge in [-0.05, 0) is 93.3 Å². The average Bonchev–Trinajstić information content (AvgIpc) is 2.95. The molecule has 8 heteroatoms. The van der Waals surface area contributed by atoms with E-state index in [4.69, 9.17) is 9.47 Å². The van der Waals surface area contributed by atoms with Crippen LogP contribution in [-0.4, -0.2) is 25.6 Å². The number of nitriles is 1. The minimum atomic E-state index is -0.589. The highest BCUT2D eigenvalue weighted by molar-refractivity contribution is 9.10. The van der Waals surface area contributed by atoms with Crippen LogP contribution in [0.2, 0.25) is 0 Å². The second-order valence-corrected chi connectivity index (χ2v) is 9.28. The molecule has 1 N–H and O–H groups in total. The van der Waals surface area contributed by atoms with Crippen LogP contribution >= 0.6 is 15.9 Å². The van der Waals surface area contributed by atoms with Gasteiger partial charge in [0.15, 0.2) is 11.5 Å². The summed E-state index contributed by atoms with van der Waals surface area (Å²) in [6.07, 6.45) is 1.47. The van der Waals surface area contributed by atoms with Gasteiger partial charge in [0.2, 0.25) is 0 Å². The van der Waals surface area contributed by atoms with Crippen LogP contribution in [-0.2, 0) is 16.1 Å². The number of amides is 1. The number of esters is 1. The Morgan fingerprint density at radius 1 is 0.974 bits per heavy atom. The highest BCUT2D eigenvalue weighted by Gasteiger charge is 2.15. The number of methoxy groups -OCH3 is 1. The van der Waals surface area contributed by atoms with Crippen molar-refractivity contribution in [2.75, 3.05) is 19.0 Å². The van der Waals surface area contributed by atoms with Crippen LogP contribution in [0, 0.1) is 11.3 Å². The van der Waals surface area contributed by atoms with E-state index >= 15 is 0 Å². The first-order valence-corrected chi connectivity index (χ1v) is 12.9. The Morgan fingerprint density at radius 2 is 1.72 bits per heavy atom. The summed E-state index contributed by atoms with van der Waals surface area (Å²) in [5.41, 5.74) is 2.27. The van der Waals surface area contributed by atoms with E-state index in [2.05, 4.69) is 50.2 Å². The van der Waals surface area contributed by atoms with Crippen LogP contribution in [0.25, 0.3) is 16.8 Å². The maximum Gasteiger partial charge on any atom is 0.337 e. The number of carbonyl (C=O) groups excluding carboxylic acids is 2. The van der Waals surface area contributed by atoms with Crippen LogP contribution < -0.4 is 14.8 Å². The molecule has 4 aromatic rings. The molecule has 39 heavy (non-hydrogen) atoms. The predicted octanol–water partition coefficient (Wildman–Crippen LogP) is 6.91. The number of rotatable bonds is 9. The molecule has 196 valence electrons. The van der Waals surface area contributed by atoms with E-state index in [1.165, 1.54) is 25.3 Å². The lowest BCUT2D eigenvalue weighted by Crippen LogP contribution is -2.13. The highest BCUT2D eigenvalue weighted by atomic mass is 79.9. The molecule has 0 saturated heterocycles. The van der Waals surface area contributed by atoms with Gasteiger partial charge in [-0.1, -0.05) is 36.4 Å². The van der Waals surface area contributed by atoms with Crippen molar-refractivity contribution < 1.29 is 23.8 Å². The third-order valence-electron chi connectivity index (χ3n) is 5.77. The average molecular weight is 585 g/mol. The van der Waals surface area contributed by atoms with E-state index in [0.29, 0.717) is 46.0 Å². The van der Waals surface area contributed by atoms with Gasteiger partial charge in [0.25, 0.3) is 5.91 Å². The normalized spacial score (nSPS) is 11.0. The first kappa shape index (κ1) is 27.4. The first-order chi connectivity index (χ1) is 18.9. The largest absolute Gasteiger partial charge is 0.490 e. The fourth-order valence-electron chi connectivity index (χ4n) is 3.88. The molecule has 0 bridgehead atoms. The summed E-state index contributed by atoms with van der Waals surface area (Å²) in [6.45, 7) is 2.60. The number of benzene rings is 4. The number of anilines is 1. The SMILES string of the molecule is CCOc1cc(/C=C(\C#N)C(=O)Nc2ccc(C(=O)OC)cc2)cc(Br)c1OCc1ccc2ccccc2c1. The summed E-state index contributed by atoms with van der Waals surface area (Å²) in [7, 11) is 1.29. The number of carbonyl (C=O) groups is 2. The molecular weight excluding hydrogens is 560 g/mol. The third kappa shape index (κ3) is 6.83. The van der Waals surface area contributed by atoms with Gasteiger partial charge in [-0.25, -0.2) is 4.79 Å². The van der Waals surface area contributed by atoms with Gasteiger partial charge < -0.3 is 19.5 Å². The lowest BCUT2D eigenvalue weighted by atomic mass is 10.1. The van der Waals surface area contributed by atoms with Crippen LogP contribution in [0.15, 0.2) is 88.9 Å². The summed E-state index contributed by atoms with van der Waals surface area (Å²) < 4.78 is 17.3. The van der Waals surface area contributed by atoms with Gasteiger partial charge in [0.1, 0.15) is 18.2 Å². The van der Waals surface area contributed by atoms with Gasteiger partial charge >= 0.3 is 5.97 Å². The molecule has 0 fully saturated rings. The Balaban J connectivity index is 1.53. The number of ether oxygens (including phenoxy) is 3. The van der Waals surface area contributed by atoms with Gasteiger partial charge in [-0.3, -0.25) is 4.79 Å². The van der Waals surface area contributed by atoms with Gasteiger partial charge in [-0.2, -0.15) is 5.26 Å². The van der Waals surface area contributed by atoms with Crippen molar-refractivity contribution >= 4 is 50.3 Å². The molecule has 0 radical (unpaired) electrons. The Bertz CT molecular complexity index is 1590. The Labute approximate surface area is 234 Å². The van der Waals surface area contributed by atoms with Crippen LogP contribution in [0.1, 0.15) is 28.4 Å². The van der Waals surface area contributed by atoms with Crippen molar-refractivity contribution in [1.82, 2.24) is 0 Å². The molecular formula is C31H25BrN2O5. The monoisotopic (exact) mass is 584 g/mol. The molecule has 0 aliphatic rings. The minimum absolute atomic E-state index is 0.105. The van der Waals surface area contributed by atoms with E-state index in [1.54, 1.807) is 24.3 Å². The molecule has 0 spiro atoms. The zero-order valence-corrected chi connectivity index (χ0v) is 22.9. The molecule has 7 nitrogen and oxygen atoms in total. The molecule has 0 aliphatic heterocycles. The zero-order valence-electron chi connectivity index (χ0n) is 21.4. The predicted molar refractivity (Wildman–Crippen MR) is 154 cm³/mol. The topological polar surface area (TPSA) is 97.7 Å². The van der Waals surface area contributed by atoms with Gasteiger partial charge in [-0.15, -0.1) is 0 Å². The van der Waals surface area contributed by atoms with Crippen molar-refractivity contribution in [3.8, 4) is 17.6 Å². The standard InChI is InChI=1S/C31H25BrN2O5/c1-3-38-28-17-21(15-25(18-33)30(35)34-26-12-10-23(11-13-26)31(36)37-2)16-27(32)29(28)39-19-20-8-9-22-6-4-5-7-24(22)14-20/h4-17H,3,19H2,1-2H3,(H,34,35)/b25-15+. The van der Waals surface area contributed by atoms with Gasteiger partial charge in [0.05, 0.1) is 23.8 Å². The Hall–Kier alpha value is -4.61. The molecule has 4 aromatic carbocycles. The Kier molecular flexibility index (Phi) is 8.97. The molecule has 4 rings (SSSR count). The van der Waals surface area contributed by atoms with Gasteiger partial charge in [0, 0.05) is 5.69 Å². The molecule has 0 aromatic heterocycles. The van der Waals surface area contributed by atoms with Crippen LogP contribution in [0.5, 0.6) is 11.5 Å². The third-order valence-corrected chi connectivity index (χ3v) is 6.36. The van der Waals surface area contributed by atoms with E-state index in [-0.39, 0.29) is 5.57 Å². The lowest BCUT2D eigenvalue weighted by molar-refractivity contribution is -0.112. The smallest absolute Gasteiger partial charge is 0.337 e. The van der Waals surface area contributed by atoms with Crippen molar-refractivity contribution in [2.45, 2.75) is 13.5 Å². The molecule has 0 saturated carbocycles. The van der Waals surface area contributed by atoms with Crippen molar-refractivity contribution in [2.24, 2.45) is 0 Å². The summed E-state index contributed by atoms with van der Waals surface area (Å²) in [4.78, 5) is 24.4. The lowest BCUT2D eigenvalue weighted by Gasteiger charge is -2.15. The summed E-state index contributed by atoms with van der Waals surface area (Å²) in [6, 6.07) is 25.9. The quantitative estimate of drug-likeness (QED) is 0.130. The zero-order chi connectivity index (χ0) is 27.8. The molecule has 0 aliphatic carbocycles. The van der Waals surface area contributed by atoms with E-state index in [9.17, 15) is 14.9 Å². The van der Waals surface area contributed by atoms with Crippen LogP contribution in [0.3, 0.4) is 0 Å². The van der Waals surface area contributed by atoms with Crippen molar-refractivity contribution in [3.05, 3.63) is 106 Å². The number of nitrogens with one attached hydrogen (secondary N) is 1. The second-order valence-electron chi connectivity index (χ2n) is 8.43. The fourth-order valence-corrected chi connectivity index (χ4v) is 4.45. The molecule has 1 amide bonds. The van der Waals surface area contributed by atoms with Crippen LogP contribution in [0.4, 0.5) is 5.69 Å². The van der Waals surface area contributed by atoms with E-state index < -0.39 is 11.9 Å². The maximum atomic E-state index is 12.8. The summed E-state index contributed by atoms with van der Waals surface area (Å²) in [5.74, 6) is -0.0642. The maximum absolute atomic E-state index is 12.8. The van der Waals surface area contributed by atoms with Crippen molar-refractivity contribution in [1.29, 1.82) is 5.26 Å².